The van der Waals surface area contributed by atoms with Crippen LogP contribution in [0.1, 0.15) is 30.9 Å². The molecule has 0 unspecified atom stereocenters. The van der Waals surface area contributed by atoms with Gasteiger partial charge in [0.25, 0.3) is 0 Å². The van der Waals surface area contributed by atoms with Gasteiger partial charge < -0.3 is 5.32 Å². The molecule has 0 saturated heterocycles. The van der Waals surface area contributed by atoms with Crippen LogP contribution in [0.2, 0.25) is 0 Å². The topological polar surface area (TPSA) is 24.9 Å². The van der Waals surface area contributed by atoms with Crippen LogP contribution in [0.25, 0.3) is 21.9 Å². The molecule has 0 saturated carbocycles. The van der Waals surface area contributed by atoms with Crippen LogP contribution in [0.4, 0.5) is 5.82 Å². The Hall–Kier alpha value is -2.61. The average Bonchev–Trinajstić information content (AvgIpc) is 2.57. The van der Waals surface area contributed by atoms with Crippen LogP contribution < -0.4 is 5.32 Å². The number of rotatable bonds is 5. The quantitative estimate of drug-likeness (QED) is 0.602. The largest absolute Gasteiger partial charge is 0.344 e. The van der Waals surface area contributed by atoms with Gasteiger partial charge in [-0.2, -0.15) is 0 Å². The minimum Gasteiger partial charge on any atom is -0.344 e. The van der Waals surface area contributed by atoms with Crippen molar-refractivity contribution in [2.75, 3.05) is 5.32 Å². The highest BCUT2D eigenvalue weighted by molar-refractivity contribution is 5.89. The standard InChI is InChI=1S/C22H24N2/c1-5-6-17(4)24-22-13-18-9-10-19(12-20(18)14-23-22)21-11-15(2)7-8-16(21)3/h7-14H,4-6H2,1-3H3,(H,23,24). The molecule has 2 nitrogen and oxygen atoms in total. The Morgan fingerprint density at radius 2 is 1.88 bits per heavy atom. The lowest BCUT2D eigenvalue weighted by Gasteiger charge is -2.11. The number of benzene rings is 2. The highest BCUT2D eigenvalue weighted by Crippen LogP contribution is 2.28. The summed E-state index contributed by atoms with van der Waals surface area (Å²) in [5.41, 5.74) is 6.11. The second-order valence-electron chi connectivity index (χ2n) is 6.43. The molecule has 0 aliphatic heterocycles. The molecular weight excluding hydrogens is 292 g/mol. The summed E-state index contributed by atoms with van der Waals surface area (Å²) in [6, 6.07) is 15.2. The predicted octanol–water partition coefficient (Wildman–Crippen LogP) is 6.24. The number of anilines is 1. The number of nitrogens with one attached hydrogen (secondary N) is 1. The summed E-state index contributed by atoms with van der Waals surface area (Å²) >= 11 is 0. The van der Waals surface area contributed by atoms with Crippen molar-refractivity contribution >= 4 is 16.6 Å². The Morgan fingerprint density at radius 1 is 1.04 bits per heavy atom. The number of hydrogen-bond acceptors (Lipinski definition) is 2. The first-order valence-corrected chi connectivity index (χ1v) is 8.49. The molecular formula is C22H24N2. The van der Waals surface area contributed by atoms with Crippen LogP contribution >= 0.6 is 0 Å². The maximum Gasteiger partial charge on any atom is 0.130 e. The first kappa shape index (κ1) is 16.3. The lowest BCUT2D eigenvalue weighted by atomic mass is 9.97. The Kier molecular flexibility index (Phi) is 4.66. The van der Waals surface area contributed by atoms with Gasteiger partial charge in [-0.15, -0.1) is 0 Å². The summed E-state index contributed by atoms with van der Waals surface area (Å²) in [6.45, 7) is 10.5. The summed E-state index contributed by atoms with van der Waals surface area (Å²) in [5.74, 6) is 0.862. The summed E-state index contributed by atoms with van der Waals surface area (Å²) < 4.78 is 0. The summed E-state index contributed by atoms with van der Waals surface area (Å²) in [5, 5.41) is 5.63. The van der Waals surface area contributed by atoms with Gasteiger partial charge in [-0.1, -0.05) is 55.8 Å². The number of aryl methyl sites for hydroxylation is 2. The van der Waals surface area contributed by atoms with Crippen LogP contribution in [-0.4, -0.2) is 4.98 Å². The van der Waals surface area contributed by atoms with E-state index in [0.717, 1.165) is 29.7 Å². The average molecular weight is 316 g/mol. The SMILES string of the molecule is C=C(CCC)Nc1cc2ccc(-c3cc(C)ccc3C)cc2cn1. The molecule has 1 heterocycles. The summed E-state index contributed by atoms with van der Waals surface area (Å²) in [4.78, 5) is 4.53. The van der Waals surface area contributed by atoms with Crippen molar-refractivity contribution < 1.29 is 0 Å². The molecule has 0 spiro atoms. The van der Waals surface area contributed by atoms with E-state index in [1.54, 1.807) is 0 Å². The maximum absolute atomic E-state index is 4.53. The van der Waals surface area contributed by atoms with Crippen molar-refractivity contribution in [1.29, 1.82) is 0 Å². The van der Waals surface area contributed by atoms with Crippen molar-refractivity contribution in [3.8, 4) is 11.1 Å². The molecule has 0 radical (unpaired) electrons. The molecule has 0 aliphatic rings. The van der Waals surface area contributed by atoms with E-state index >= 15 is 0 Å². The van der Waals surface area contributed by atoms with E-state index < -0.39 is 0 Å². The third-order valence-corrected chi connectivity index (χ3v) is 4.28. The fraction of sp³-hybridized carbons (Fsp3) is 0.227. The number of nitrogens with zero attached hydrogens (tertiary/aromatic N) is 1. The Morgan fingerprint density at radius 3 is 2.67 bits per heavy atom. The number of allylic oxidation sites excluding steroid dienone is 1. The van der Waals surface area contributed by atoms with E-state index in [-0.39, 0.29) is 0 Å². The summed E-state index contributed by atoms with van der Waals surface area (Å²) in [7, 11) is 0. The number of fused-ring (bicyclic) bond motifs is 1. The molecule has 122 valence electrons. The van der Waals surface area contributed by atoms with E-state index in [1.165, 1.54) is 27.6 Å². The van der Waals surface area contributed by atoms with Crippen LogP contribution in [0.3, 0.4) is 0 Å². The minimum atomic E-state index is 0.862. The number of aromatic nitrogens is 1. The van der Waals surface area contributed by atoms with Crippen molar-refractivity contribution in [1.82, 2.24) is 4.98 Å². The molecule has 0 fully saturated rings. The van der Waals surface area contributed by atoms with Crippen molar-refractivity contribution in [2.45, 2.75) is 33.6 Å². The first-order valence-electron chi connectivity index (χ1n) is 8.49. The molecule has 0 amide bonds. The molecule has 0 aliphatic carbocycles. The number of hydrogen-bond donors (Lipinski definition) is 1. The van der Waals surface area contributed by atoms with Gasteiger partial charge in [0.05, 0.1) is 0 Å². The molecule has 0 bridgehead atoms. The van der Waals surface area contributed by atoms with Gasteiger partial charge >= 0.3 is 0 Å². The van der Waals surface area contributed by atoms with E-state index in [4.69, 9.17) is 0 Å². The Bertz CT molecular complexity index is 894. The van der Waals surface area contributed by atoms with Crippen molar-refractivity contribution in [3.05, 3.63) is 72.1 Å². The van der Waals surface area contributed by atoms with Gasteiger partial charge in [-0.25, -0.2) is 4.98 Å². The zero-order valence-electron chi connectivity index (χ0n) is 14.7. The van der Waals surface area contributed by atoms with Crippen LogP contribution in [0.5, 0.6) is 0 Å². The molecule has 1 N–H and O–H groups in total. The summed E-state index contributed by atoms with van der Waals surface area (Å²) in [6.07, 6.45) is 3.98. The van der Waals surface area contributed by atoms with Gasteiger partial charge in [-0.3, -0.25) is 0 Å². The Balaban J connectivity index is 1.95. The van der Waals surface area contributed by atoms with Crippen LogP contribution in [0, 0.1) is 13.8 Å². The molecule has 24 heavy (non-hydrogen) atoms. The monoisotopic (exact) mass is 316 g/mol. The van der Waals surface area contributed by atoms with E-state index in [2.05, 4.69) is 80.1 Å². The molecule has 1 aromatic heterocycles. The second kappa shape index (κ2) is 6.88. The molecule has 2 aromatic carbocycles. The van der Waals surface area contributed by atoms with Crippen LogP contribution in [-0.2, 0) is 0 Å². The highest BCUT2D eigenvalue weighted by Gasteiger charge is 2.05. The van der Waals surface area contributed by atoms with Crippen molar-refractivity contribution in [3.63, 3.8) is 0 Å². The normalized spacial score (nSPS) is 10.8. The van der Waals surface area contributed by atoms with E-state index in [9.17, 15) is 0 Å². The fourth-order valence-electron chi connectivity index (χ4n) is 2.97. The minimum absolute atomic E-state index is 0.862. The van der Waals surface area contributed by atoms with Gasteiger partial charge in [0.2, 0.25) is 0 Å². The highest BCUT2D eigenvalue weighted by atomic mass is 15.0. The molecule has 3 rings (SSSR count). The van der Waals surface area contributed by atoms with Gasteiger partial charge in [0.1, 0.15) is 5.82 Å². The second-order valence-corrected chi connectivity index (χ2v) is 6.43. The van der Waals surface area contributed by atoms with Crippen molar-refractivity contribution in [2.24, 2.45) is 0 Å². The first-order chi connectivity index (χ1) is 11.6. The zero-order chi connectivity index (χ0) is 17.1. The Labute approximate surface area is 144 Å². The lowest BCUT2D eigenvalue weighted by molar-refractivity contribution is 0.911. The van der Waals surface area contributed by atoms with Gasteiger partial charge in [0, 0.05) is 17.3 Å². The lowest BCUT2D eigenvalue weighted by Crippen LogP contribution is -1.99. The van der Waals surface area contributed by atoms with Crippen LogP contribution in [0.15, 0.2) is 60.9 Å². The fourth-order valence-corrected chi connectivity index (χ4v) is 2.97. The zero-order valence-corrected chi connectivity index (χ0v) is 14.7. The van der Waals surface area contributed by atoms with Gasteiger partial charge in [0.15, 0.2) is 0 Å². The number of pyridine rings is 1. The van der Waals surface area contributed by atoms with E-state index in [1.807, 2.05) is 6.20 Å². The predicted molar refractivity (Wildman–Crippen MR) is 104 cm³/mol. The smallest absolute Gasteiger partial charge is 0.130 e. The molecule has 0 atom stereocenters. The third kappa shape index (κ3) is 3.48. The van der Waals surface area contributed by atoms with E-state index in [0.29, 0.717) is 0 Å². The molecule has 2 heteroatoms. The maximum atomic E-state index is 4.53. The third-order valence-electron chi connectivity index (χ3n) is 4.28. The van der Waals surface area contributed by atoms with Gasteiger partial charge in [-0.05, 0) is 54.5 Å². The molecule has 3 aromatic rings.